The molecule has 0 aromatic rings. The second-order valence-electron chi connectivity index (χ2n) is 22.0. The molecule has 74 heavy (non-hydrogen) atoms. The van der Waals surface area contributed by atoms with Crippen LogP contribution in [0, 0.1) is 0 Å². The molecule has 0 aliphatic rings. The van der Waals surface area contributed by atoms with E-state index in [4.69, 9.17) is 9.05 Å². The summed E-state index contributed by atoms with van der Waals surface area (Å²) >= 11 is 0. The number of rotatable bonds is 56. The van der Waals surface area contributed by atoms with Gasteiger partial charge in [-0.1, -0.05) is 266 Å². The molecule has 0 saturated carbocycles. The lowest BCUT2D eigenvalue weighted by Crippen LogP contribution is -2.45. The third-order valence-electron chi connectivity index (χ3n) is 13.6. The van der Waals surface area contributed by atoms with Crippen molar-refractivity contribution in [2.45, 2.75) is 283 Å². The summed E-state index contributed by atoms with van der Waals surface area (Å²) in [6, 6.07) is -0.877. The van der Waals surface area contributed by atoms with Crippen LogP contribution in [-0.4, -0.2) is 73.4 Å². The SMILES string of the molecule is CC/C=C\C/C=C\C/C=C\C/C=C\CCCCCCCCCCCCCCC(=O)NC(COP(=O)(O)OCC[N+](C)(C)C)C(O)/C=C/CC/C=C/CC/C=C/CCCCCCCCCCCCCCCCCCC. The van der Waals surface area contributed by atoms with Gasteiger partial charge in [0.1, 0.15) is 13.2 Å². The highest BCUT2D eigenvalue weighted by atomic mass is 31.2. The van der Waals surface area contributed by atoms with Crippen LogP contribution in [0.5, 0.6) is 0 Å². The fourth-order valence-corrected chi connectivity index (χ4v) is 9.51. The quantitative estimate of drug-likeness (QED) is 0.0243. The Hall–Kier alpha value is -2.32. The number of aliphatic hydroxyl groups is 1. The first-order chi connectivity index (χ1) is 36.0. The summed E-state index contributed by atoms with van der Waals surface area (Å²) in [5.41, 5.74) is 0. The maximum absolute atomic E-state index is 13.0. The molecule has 1 amide bonds. The summed E-state index contributed by atoms with van der Waals surface area (Å²) in [5, 5.41) is 13.9. The molecule has 8 nitrogen and oxygen atoms in total. The average molecular weight is 1060 g/mol. The Morgan fingerprint density at radius 3 is 1.24 bits per heavy atom. The number of hydrogen-bond acceptors (Lipinski definition) is 5. The molecular weight excluding hydrogens is 936 g/mol. The molecule has 0 radical (unpaired) electrons. The van der Waals surface area contributed by atoms with Gasteiger partial charge in [0.15, 0.2) is 0 Å². The number of unbranched alkanes of at least 4 members (excludes halogenated alkanes) is 31. The first-order valence-corrected chi connectivity index (χ1v) is 32.5. The van der Waals surface area contributed by atoms with Crippen molar-refractivity contribution in [3.63, 3.8) is 0 Å². The summed E-state index contributed by atoms with van der Waals surface area (Å²) in [6.45, 7) is 4.69. The molecule has 0 aliphatic carbocycles. The Morgan fingerprint density at radius 2 is 0.824 bits per heavy atom. The van der Waals surface area contributed by atoms with E-state index >= 15 is 0 Å². The monoisotopic (exact) mass is 1060 g/mol. The van der Waals surface area contributed by atoms with E-state index < -0.39 is 20.0 Å². The molecule has 3 unspecified atom stereocenters. The number of hydrogen-bond donors (Lipinski definition) is 3. The third kappa shape index (κ3) is 57.4. The van der Waals surface area contributed by atoms with E-state index in [9.17, 15) is 19.4 Å². The summed E-state index contributed by atoms with van der Waals surface area (Å²) in [7, 11) is 1.54. The average Bonchev–Trinajstić information content (AvgIpc) is 3.36. The number of carbonyl (C=O) groups excluding carboxylic acids is 1. The van der Waals surface area contributed by atoms with Crippen LogP contribution in [0.2, 0.25) is 0 Å². The lowest BCUT2D eigenvalue weighted by atomic mass is 10.0. The van der Waals surface area contributed by atoms with Crippen LogP contribution >= 0.6 is 7.82 Å². The molecule has 0 spiro atoms. The maximum atomic E-state index is 13.0. The smallest absolute Gasteiger partial charge is 0.387 e. The van der Waals surface area contributed by atoms with Crippen LogP contribution < -0.4 is 5.32 Å². The van der Waals surface area contributed by atoms with Crippen molar-refractivity contribution in [3.8, 4) is 0 Å². The molecule has 430 valence electrons. The standard InChI is InChI=1S/C65H119N2O6P/c1-6-8-10-12-14-16-18-20-22-24-26-28-30-32-33-35-36-38-40-42-44-46-48-50-52-54-56-58-64(68)63(62-73-74(70,71)72-61-60-67(3,4)5)66-65(69)59-57-55-53-51-49-47-45-43-41-39-37-34-31-29-27-25-23-21-19-17-15-13-11-9-7-2/h9,11,15,17,21,23,27,29,40,42,48,50,56,58,63-64,68H,6-8,10,12-14,16,18-20,22,24-26,28,30-39,41,43-47,49,51-55,57,59-62H2,1-5H3,(H-,66,69,70,71)/p+1/b11-9-,17-15-,23-21-,29-27-,42-40+,50-48+,58-56+. The molecule has 0 aliphatic heterocycles. The van der Waals surface area contributed by atoms with E-state index in [0.717, 1.165) is 70.6 Å². The Kier molecular flexibility index (Phi) is 53.7. The Morgan fingerprint density at radius 1 is 0.473 bits per heavy atom. The Bertz CT molecular complexity index is 1480. The number of phosphoric acid groups is 1. The summed E-state index contributed by atoms with van der Waals surface area (Å²) in [4.78, 5) is 23.3. The van der Waals surface area contributed by atoms with E-state index in [1.165, 1.54) is 180 Å². The Balaban J connectivity index is 4.24. The molecule has 0 saturated heterocycles. The number of quaternary nitrogens is 1. The van der Waals surface area contributed by atoms with Gasteiger partial charge in [0, 0.05) is 6.42 Å². The number of nitrogens with zero attached hydrogens (tertiary/aromatic N) is 1. The van der Waals surface area contributed by atoms with Crippen molar-refractivity contribution >= 4 is 13.7 Å². The first kappa shape index (κ1) is 71.7. The van der Waals surface area contributed by atoms with Crippen LogP contribution in [0.3, 0.4) is 0 Å². The van der Waals surface area contributed by atoms with Gasteiger partial charge < -0.3 is 19.8 Å². The van der Waals surface area contributed by atoms with Gasteiger partial charge in [0.2, 0.25) is 5.91 Å². The predicted molar refractivity (Wildman–Crippen MR) is 323 cm³/mol. The molecular formula is C65H120N2O6P+. The van der Waals surface area contributed by atoms with Gasteiger partial charge in [-0.05, 0) is 83.5 Å². The number of aliphatic hydroxyl groups excluding tert-OH is 1. The van der Waals surface area contributed by atoms with Gasteiger partial charge in [-0.3, -0.25) is 13.8 Å². The van der Waals surface area contributed by atoms with Crippen LogP contribution in [0.25, 0.3) is 0 Å². The fourth-order valence-electron chi connectivity index (χ4n) is 8.77. The van der Waals surface area contributed by atoms with E-state index in [-0.39, 0.29) is 19.1 Å². The number of amides is 1. The van der Waals surface area contributed by atoms with Crippen molar-refractivity contribution in [1.82, 2.24) is 5.32 Å². The number of phosphoric ester groups is 1. The summed E-state index contributed by atoms with van der Waals surface area (Å²) in [5.74, 6) is -0.194. The molecule has 3 atom stereocenters. The van der Waals surface area contributed by atoms with Gasteiger partial charge in [0.05, 0.1) is 39.9 Å². The zero-order valence-electron chi connectivity index (χ0n) is 49.1. The predicted octanol–water partition coefficient (Wildman–Crippen LogP) is 19.2. The zero-order valence-corrected chi connectivity index (χ0v) is 50.0. The zero-order chi connectivity index (χ0) is 54.2. The van der Waals surface area contributed by atoms with Gasteiger partial charge in [-0.2, -0.15) is 0 Å². The topological polar surface area (TPSA) is 105 Å². The minimum Gasteiger partial charge on any atom is -0.387 e. The van der Waals surface area contributed by atoms with Crippen molar-refractivity contribution in [2.24, 2.45) is 0 Å². The lowest BCUT2D eigenvalue weighted by molar-refractivity contribution is -0.870. The summed E-state index contributed by atoms with van der Waals surface area (Å²) < 4.78 is 23.7. The van der Waals surface area contributed by atoms with Crippen molar-refractivity contribution < 1.29 is 32.9 Å². The maximum Gasteiger partial charge on any atom is 0.472 e. The molecule has 0 aromatic carbocycles. The molecule has 0 heterocycles. The van der Waals surface area contributed by atoms with E-state index in [0.29, 0.717) is 17.4 Å². The number of allylic oxidation sites excluding steroid dienone is 13. The lowest BCUT2D eigenvalue weighted by Gasteiger charge is -2.25. The van der Waals surface area contributed by atoms with Gasteiger partial charge >= 0.3 is 7.82 Å². The second-order valence-corrected chi connectivity index (χ2v) is 23.5. The first-order valence-electron chi connectivity index (χ1n) is 31.0. The van der Waals surface area contributed by atoms with Gasteiger partial charge in [-0.25, -0.2) is 4.57 Å². The fraction of sp³-hybridized carbons (Fsp3) is 0.769. The molecule has 0 rings (SSSR count). The van der Waals surface area contributed by atoms with Crippen LogP contribution in [0.4, 0.5) is 0 Å². The van der Waals surface area contributed by atoms with Crippen LogP contribution in [0.15, 0.2) is 85.1 Å². The summed E-state index contributed by atoms with van der Waals surface area (Å²) in [6.07, 6.45) is 78.5. The molecule has 0 bridgehead atoms. The molecule has 0 aromatic heterocycles. The van der Waals surface area contributed by atoms with Crippen LogP contribution in [-0.2, 0) is 18.4 Å². The largest absolute Gasteiger partial charge is 0.472 e. The molecule has 9 heteroatoms. The van der Waals surface area contributed by atoms with Crippen molar-refractivity contribution in [3.05, 3.63) is 85.1 Å². The number of nitrogens with one attached hydrogen (secondary N) is 1. The highest BCUT2D eigenvalue weighted by Crippen LogP contribution is 2.43. The highest BCUT2D eigenvalue weighted by Gasteiger charge is 2.27. The van der Waals surface area contributed by atoms with Crippen LogP contribution in [0.1, 0.15) is 271 Å². The minimum absolute atomic E-state index is 0.0500. The normalized spacial score (nSPS) is 14.4. The van der Waals surface area contributed by atoms with Gasteiger partial charge in [0.25, 0.3) is 0 Å². The Labute approximate surface area is 458 Å². The second kappa shape index (κ2) is 55.4. The van der Waals surface area contributed by atoms with E-state index in [1.807, 2.05) is 27.2 Å². The molecule has 0 fully saturated rings. The minimum atomic E-state index is -4.37. The van der Waals surface area contributed by atoms with Crippen molar-refractivity contribution in [1.29, 1.82) is 0 Å². The van der Waals surface area contributed by atoms with E-state index in [1.54, 1.807) is 6.08 Å². The van der Waals surface area contributed by atoms with E-state index in [2.05, 4.69) is 92.1 Å². The number of likely N-dealkylation sites (N-methyl/N-ethyl adjacent to an activating group) is 1. The molecule has 3 N–H and O–H groups in total. The van der Waals surface area contributed by atoms with Crippen molar-refractivity contribution in [2.75, 3.05) is 40.9 Å². The highest BCUT2D eigenvalue weighted by molar-refractivity contribution is 7.47. The van der Waals surface area contributed by atoms with Gasteiger partial charge in [-0.15, -0.1) is 0 Å². The number of carbonyl (C=O) groups is 1. The third-order valence-corrected chi connectivity index (χ3v) is 14.6.